The highest BCUT2D eigenvalue weighted by molar-refractivity contribution is 7.18. The van der Waals surface area contributed by atoms with E-state index in [0.29, 0.717) is 5.92 Å². The predicted octanol–water partition coefficient (Wildman–Crippen LogP) is 2.69. The maximum atomic E-state index is 10.7. The van der Waals surface area contributed by atoms with Crippen LogP contribution in [0.25, 0.3) is 0 Å². The summed E-state index contributed by atoms with van der Waals surface area (Å²) < 4.78 is 5.14. The Labute approximate surface area is 116 Å². The van der Waals surface area contributed by atoms with Crippen molar-refractivity contribution in [1.29, 1.82) is 0 Å². The van der Waals surface area contributed by atoms with Gasteiger partial charge in [0.25, 0.3) is 0 Å². The third kappa shape index (κ3) is 3.87. The molecule has 6 nitrogen and oxygen atoms in total. The first-order chi connectivity index (χ1) is 9.20. The molecule has 7 heteroatoms. The monoisotopic (exact) mass is 285 g/mol. The summed E-state index contributed by atoms with van der Waals surface area (Å²) in [6, 6.07) is 0. The predicted molar refractivity (Wildman–Crippen MR) is 74.8 cm³/mol. The molecule has 0 bridgehead atoms. The minimum atomic E-state index is -0.374. The van der Waals surface area contributed by atoms with Crippen LogP contribution in [0.2, 0.25) is 0 Å². The molecule has 1 aromatic rings. The molecule has 0 amide bonds. The van der Waals surface area contributed by atoms with Crippen molar-refractivity contribution in [3.8, 4) is 0 Å². The molecule has 2 heterocycles. The molecule has 1 fully saturated rings. The molecule has 1 atom stereocenters. The summed E-state index contributed by atoms with van der Waals surface area (Å²) in [6.07, 6.45) is 5.93. The summed E-state index contributed by atoms with van der Waals surface area (Å²) in [6.45, 7) is 2.64. The van der Waals surface area contributed by atoms with Crippen LogP contribution in [-0.2, 0) is 4.74 Å². The number of methoxy groups -OCH3 is 1. The fraction of sp³-hybridized carbons (Fsp3) is 0.750. The Kier molecular flexibility index (Phi) is 5.09. The summed E-state index contributed by atoms with van der Waals surface area (Å²) in [5, 5.41) is 11.6. The van der Waals surface area contributed by atoms with E-state index in [0.717, 1.165) is 37.7 Å². The van der Waals surface area contributed by atoms with Crippen LogP contribution in [-0.4, -0.2) is 36.7 Å². The average molecular weight is 285 g/mol. The third-order valence-corrected chi connectivity index (χ3v) is 4.44. The zero-order valence-corrected chi connectivity index (χ0v) is 11.9. The number of nitrogens with zero attached hydrogens (tertiary/aromatic N) is 3. The standard InChI is InChI=1S/C12H19N3O3S/c1-18-7-5-10-4-2-3-6-14(9-10)12-13-8-11(19-12)15(16)17/h8,10H,2-7,9H2,1H3/t10-/m1/s1. The molecule has 0 aromatic carbocycles. The number of nitro groups is 1. The molecule has 106 valence electrons. The van der Waals surface area contributed by atoms with Gasteiger partial charge in [-0.3, -0.25) is 10.1 Å². The maximum absolute atomic E-state index is 10.7. The second kappa shape index (κ2) is 6.81. The first kappa shape index (κ1) is 14.2. The van der Waals surface area contributed by atoms with Crippen molar-refractivity contribution in [2.75, 3.05) is 31.7 Å². The summed E-state index contributed by atoms with van der Waals surface area (Å²) in [7, 11) is 1.72. The molecule has 1 aliphatic heterocycles. The molecular formula is C12H19N3O3S. The Morgan fingerprint density at radius 3 is 3.16 bits per heavy atom. The van der Waals surface area contributed by atoms with E-state index in [1.807, 2.05) is 0 Å². The van der Waals surface area contributed by atoms with Gasteiger partial charge in [0.2, 0.25) is 0 Å². The fourth-order valence-electron chi connectivity index (χ4n) is 2.41. The normalized spacial score (nSPS) is 20.3. The van der Waals surface area contributed by atoms with Gasteiger partial charge in [0.1, 0.15) is 6.20 Å². The largest absolute Gasteiger partial charge is 0.385 e. The van der Waals surface area contributed by atoms with Crippen molar-refractivity contribution >= 4 is 21.5 Å². The van der Waals surface area contributed by atoms with E-state index in [1.54, 1.807) is 7.11 Å². The van der Waals surface area contributed by atoms with Crippen LogP contribution in [0.1, 0.15) is 25.7 Å². The lowest BCUT2D eigenvalue weighted by Gasteiger charge is -2.23. The van der Waals surface area contributed by atoms with Gasteiger partial charge in [0, 0.05) is 26.8 Å². The number of hydrogen-bond donors (Lipinski definition) is 0. The van der Waals surface area contributed by atoms with Gasteiger partial charge in [-0.05, 0) is 36.5 Å². The highest BCUT2D eigenvalue weighted by atomic mass is 32.1. The molecule has 0 unspecified atom stereocenters. The van der Waals surface area contributed by atoms with Crippen molar-refractivity contribution in [1.82, 2.24) is 4.98 Å². The minimum Gasteiger partial charge on any atom is -0.385 e. The molecule has 0 aliphatic carbocycles. The first-order valence-corrected chi connectivity index (χ1v) is 7.36. The zero-order valence-electron chi connectivity index (χ0n) is 11.1. The SMILES string of the molecule is COCC[C@H]1CCCCN(c2ncc([N+](=O)[O-])s2)C1. The van der Waals surface area contributed by atoms with Crippen LogP contribution in [0, 0.1) is 16.0 Å². The average Bonchev–Trinajstić information content (AvgIpc) is 2.77. The van der Waals surface area contributed by atoms with E-state index in [4.69, 9.17) is 4.74 Å². The van der Waals surface area contributed by atoms with Crippen LogP contribution >= 0.6 is 11.3 Å². The molecule has 0 radical (unpaired) electrons. The van der Waals surface area contributed by atoms with Gasteiger partial charge in [0.05, 0.1) is 4.92 Å². The van der Waals surface area contributed by atoms with Crippen molar-refractivity contribution in [3.05, 3.63) is 16.3 Å². The molecule has 1 saturated heterocycles. The molecule has 1 aliphatic rings. The molecule has 19 heavy (non-hydrogen) atoms. The van der Waals surface area contributed by atoms with Gasteiger partial charge >= 0.3 is 5.00 Å². The third-order valence-electron chi connectivity index (χ3n) is 3.43. The van der Waals surface area contributed by atoms with E-state index in [-0.39, 0.29) is 9.92 Å². The van der Waals surface area contributed by atoms with Gasteiger partial charge in [-0.25, -0.2) is 4.98 Å². The van der Waals surface area contributed by atoms with Crippen molar-refractivity contribution < 1.29 is 9.66 Å². The minimum absolute atomic E-state index is 0.118. The molecular weight excluding hydrogens is 266 g/mol. The van der Waals surface area contributed by atoms with E-state index in [2.05, 4.69) is 9.88 Å². The quantitative estimate of drug-likeness (QED) is 0.614. The number of ether oxygens (including phenoxy) is 1. The van der Waals surface area contributed by atoms with Crippen molar-refractivity contribution in [2.45, 2.75) is 25.7 Å². The molecule has 0 saturated carbocycles. The Balaban J connectivity index is 2.02. The van der Waals surface area contributed by atoms with Gasteiger partial charge in [-0.15, -0.1) is 0 Å². The van der Waals surface area contributed by atoms with E-state index >= 15 is 0 Å². The smallest absolute Gasteiger partial charge is 0.345 e. The number of thiazole rings is 1. The van der Waals surface area contributed by atoms with Crippen LogP contribution in [0.5, 0.6) is 0 Å². The Morgan fingerprint density at radius 1 is 1.63 bits per heavy atom. The number of rotatable bonds is 5. The lowest BCUT2D eigenvalue weighted by atomic mass is 10.0. The van der Waals surface area contributed by atoms with E-state index < -0.39 is 0 Å². The second-order valence-electron chi connectivity index (χ2n) is 4.83. The summed E-state index contributed by atoms with van der Waals surface area (Å²) in [5.41, 5.74) is 0. The Bertz CT molecular complexity index is 424. The maximum Gasteiger partial charge on any atom is 0.345 e. The van der Waals surface area contributed by atoms with Crippen molar-refractivity contribution in [3.63, 3.8) is 0 Å². The van der Waals surface area contributed by atoms with Gasteiger partial charge < -0.3 is 9.64 Å². The van der Waals surface area contributed by atoms with E-state index in [9.17, 15) is 10.1 Å². The second-order valence-corrected chi connectivity index (χ2v) is 5.82. The molecule has 0 N–H and O–H groups in total. The number of aromatic nitrogens is 1. The van der Waals surface area contributed by atoms with Crippen LogP contribution < -0.4 is 4.90 Å². The topological polar surface area (TPSA) is 68.5 Å². The number of anilines is 1. The van der Waals surface area contributed by atoms with Gasteiger partial charge in [-0.2, -0.15) is 0 Å². The van der Waals surface area contributed by atoms with Gasteiger partial charge in [-0.1, -0.05) is 6.42 Å². The lowest BCUT2D eigenvalue weighted by molar-refractivity contribution is -0.380. The number of hydrogen-bond acceptors (Lipinski definition) is 6. The molecule has 2 rings (SSSR count). The summed E-state index contributed by atoms with van der Waals surface area (Å²) in [4.78, 5) is 16.7. The van der Waals surface area contributed by atoms with Crippen LogP contribution in [0.15, 0.2) is 6.20 Å². The summed E-state index contributed by atoms with van der Waals surface area (Å²) >= 11 is 1.17. The zero-order chi connectivity index (χ0) is 13.7. The molecule has 0 spiro atoms. The highest BCUT2D eigenvalue weighted by Crippen LogP contribution is 2.31. The molecule has 1 aromatic heterocycles. The lowest BCUT2D eigenvalue weighted by Crippen LogP contribution is -2.28. The Morgan fingerprint density at radius 2 is 2.47 bits per heavy atom. The first-order valence-electron chi connectivity index (χ1n) is 6.55. The fourth-order valence-corrected chi connectivity index (χ4v) is 3.18. The van der Waals surface area contributed by atoms with E-state index in [1.165, 1.54) is 30.4 Å². The van der Waals surface area contributed by atoms with Crippen LogP contribution in [0.3, 0.4) is 0 Å². The van der Waals surface area contributed by atoms with Crippen LogP contribution in [0.4, 0.5) is 10.1 Å². The Hall–Kier alpha value is -1.21. The van der Waals surface area contributed by atoms with Gasteiger partial charge in [0.15, 0.2) is 5.13 Å². The van der Waals surface area contributed by atoms with Crippen molar-refractivity contribution in [2.24, 2.45) is 5.92 Å². The highest BCUT2D eigenvalue weighted by Gasteiger charge is 2.22. The summed E-state index contributed by atoms with van der Waals surface area (Å²) in [5.74, 6) is 0.588.